The Morgan fingerprint density at radius 2 is 1.79 bits per heavy atom. The Labute approximate surface area is 139 Å². The Morgan fingerprint density at radius 1 is 1.21 bits per heavy atom. The molecule has 1 rings (SSSR count). The van der Waals surface area contributed by atoms with Crippen molar-refractivity contribution in [2.45, 2.75) is 46.4 Å². The SMILES string of the molecule is CC(C)CNc1cc(NC(=O)OC(C)(C)C)c(N)cc1C(F)(F)F. The van der Waals surface area contributed by atoms with Gasteiger partial charge in [-0.1, -0.05) is 13.8 Å². The van der Waals surface area contributed by atoms with E-state index in [1.807, 2.05) is 13.8 Å². The third-order valence-corrected chi connectivity index (χ3v) is 2.83. The van der Waals surface area contributed by atoms with E-state index in [1.54, 1.807) is 20.8 Å². The highest BCUT2D eigenvalue weighted by Crippen LogP contribution is 2.39. The summed E-state index contributed by atoms with van der Waals surface area (Å²) in [6.45, 7) is 9.13. The zero-order chi connectivity index (χ0) is 18.7. The fraction of sp³-hybridized carbons (Fsp3) is 0.562. The number of anilines is 3. The number of rotatable bonds is 4. The number of nitrogen functional groups attached to an aromatic ring is 1. The first-order valence-electron chi connectivity index (χ1n) is 7.54. The van der Waals surface area contributed by atoms with Crippen LogP contribution in [0, 0.1) is 5.92 Å². The lowest BCUT2D eigenvalue weighted by Crippen LogP contribution is -2.27. The van der Waals surface area contributed by atoms with Crippen molar-refractivity contribution in [1.82, 2.24) is 0 Å². The van der Waals surface area contributed by atoms with Crippen molar-refractivity contribution in [3.05, 3.63) is 17.7 Å². The standard InChI is InChI=1S/C16H24F3N3O2/c1-9(2)8-21-12-7-13(22-14(23)24-15(3,4)5)11(20)6-10(12)16(17,18)19/h6-7,9,21H,8,20H2,1-5H3,(H,22,23). The minimum atomic E-state index is -4.56. The number of halogens is 3. The summed E-state index contributed by atoms with van der Waals surface area (Å²) in [4.78, 5) is 11.8. The molecule has 0 atom stereocenters. The van der Waals surface area contributed by atoms with Gasteiger partial charge >= 0.3 is 12.3 Å². The number of carbonyl (C=O) groups is 1. The van der Waals surface area contributed by atoms with Gasteiger partial charge in [-0.05, 0) is 38.8 Å². The molecule has 24 heavy (non-hydrogen) atoms. The number of ether oxygens (including phenoxy) is 1. The Hall–Kier alpha value is -2.12. The van der Waals surface area contributed by atoms with E-state index in [4.69, 9.17) is 10.5 Å². The van der Waals surface area contributed by atoms with Gasteiger partial charge in [0, 0.05) is 12.2 Å². The summed E-state index contributed by atoms with van der Waals surface area (Å²) < 4.78 is 44.6. The number of benzene rings is 1. The highest BCUT2D eigenvalue weighted by molar-refractivity contribution is 5.91. The van der Waals surface area contributed by atoms with Gasteiger partial charge < -0.3 is 15.8 Å². The van der Waals surface area contributed by atoms with Crippen molar-refractivity contribution in [3.8, 4) is 0 Å². The molecule has 136 valence electrons. The molecule has 4 N–H and O–H groups in total. The van der Waals surface area contributed by atoms with Crippen LogP contribution in [0.5, 0.6) is 0 Å². The van der Waals surface area contributed by atoms with Crippen LogP contribution in [0.25, 0.3) is 0 Å². The zero-order valence-corrected chi connectivity index (χ0v) is 14.5. The third kappa shape index (κ3) is 6.17. The number of carbonyl (C=O) groups excluding carboxylic acids is 1. The molecule has 1 amide bonds. The van der Waals surface area contributed by atoms with Gasteiger partial charge in [0.15, 0.2) is 0 Å². The summed E-state index contributed by atoms with van der Waals surface area (Å²) in [7, 11) is 0. The minimum absolute atomic E-state index is 0.0588. The maximum Gasteiger partial charge on any atom is 0.418 e. The lowest BCUT2D eigenvalue weighted by atomic mass is 10.1. The van der Waals surface area contributed by atoms with Crippen molar-refractivity contribution in [2.75, 3.05) is 22.9 Å². The van der Waals surface area contributed by atoms with Gasteiger partial charge in [0.1, 0.15) is 5.60 Å². The second kappa shape index (κ2) is 7.19. The number of nitrogens with two attached hydrogens (primary N) is 1. The van der Waals surface area contributed by atoms with Crippen LogP contribution < -0.4 is 16.4 Å². The smallest absolute Gasteiger partial charge is 0.418 e. The van der Waals surface area contributed by atoms with Crippen molar-refractivity contribution in [1.29, 1.82) is 0 Å². The average Bonchev–Trinajstić information content (AvgIpc) is 2.35. The molecule has 0 aromatic heterocycles. The van der Waals surface area contributed by atoms with Gasteiger partial charge in [-0.25, -0.2) is 4.79 Å². The summed E-state index contributed by atoms with van der Waals surface area (Å²) >= 11 is 0. The van der Waals surface area contributed by atoms with Crippen LogP contribution in [0.2, 0.25) is 0 Å². The lowest BCUT2D eigenvalue weighted by Gasteiger charge is -2.22. The molecule has 0 saturated carbocycles. The van der Waals surface area contributed by atoms with Gasteiger partial charge in [-0.2, -0.15) is 13.2 Å². The highest BCUT2D eigenvalue weighted by Gasteiger charge is 2.34. The molecule has 1 aromatic rings. The highest BCUT2D eigenvalue weighted by atomic mass is 19.4. The second-order valence-electron chi connectivity index (χ2n) is 6.88. The van der Waals surface area contributed by atoms with Crippen LogP contribution >= 0.6 is 0 Å². The molecular weight excluding hydrogens is 323 g/mol. The molecule has 0 saturated heterocycles. The third-order valence-electron chi connectivity index (χ3n) is 2.83. The summed E-state index contributed by atoms with van der Waals surface area (Å²) in [5.74, 6) is 0.144. The van der Waals surface area contributed by atoms with E-state index in [9.17, 15) is 18.0 Å². The second-order valence-corrected chi connectivity index (χ2v) is 6.88. The molecule has 5 nitrogen and oxygen atoms in total. The molecule has 0 heterocycles. The number of hydrogen-bond donors (Lipinski definition) is 3. The first kappa shape index (κ1) is 19.9. The fourth-order valence-corrected chi connectivity index (χ4v) is 1.83. The molecule has 8 heteroatoms. The van der Waals surface area contributed by atoms with Crippen LogP contribution in [0.1, 0.15) is 40.2 Å². The predicted molar refractivity (Wildman–Crippen MR) is 89.0 cm³/mol. The first-order chi connectivity index (χ1) is 10.8. The Morgan fingerprint density at radius 3 is 2.25 bits per heavy atom. The number of nitrogens with one attached hydrogen (secondary N) is 2. The Balaban J connectivity index is 3.14. The minimum Gasteiger partial charge on any atom is -0.444 e. The monoisotopic (exact) mass is 347 g/mol. The number of amides is 1. The van der Waals surface area contributed by atoms with Crippen LogP contribution in [-0.4, -0.2) is 18.2 Å². The van der Waals surface area contributed by atoms with E-state index in [1.165, 1.54) is 6.07 Å². The number of alkyl halides is 3. The number of hydrogen-bond acceptors (Lipinski definition) is 4. The maximum atomic E-state index is 13.2. The normalized spacial score (nSPS) is 12.2. The van der Waals surface area contributed by atoms with Crippen LogP contribution in [0.3, 0.4) is 0 Å². The summed E-state index contributed by atoms with van der Waals surface area (Å²) in [5.41, 5.74) is 3.77. The molecule has 0 fully saturated rings. The molecule has 0 radical (unpaired) electrons. The Bertz CT molecular complexity index is 593. The van der Waals surface area contributed by atoms with E-state index in [2.05, 4.69) is 10.6 Å². The Kier molecular flexibility index (Phi) is 5.97. The quantitative estimate of drug-likeness (QED) is 0.690. The average molecular weight is 347 g/mol. The van der Waals surface area contributed by atoms with E-state index in [0.717, 1.165) is 6.07 Å². The summed E-state index contributed by atoms with van der Waals surface area (Å²) in [5, 5.41) is 5.12. The summed E-state index contributed by atoms with van der Waals surface area (Å²) in [6, 6.07) is 1.97. The van der Waals surface area contributed by atoms with Crippen LogP contribution in [0.4, 0.5) is 35.0 Å². The predicted octanol–water partition coefficient (Wildman–Crippen LogP) is 4.70. The van der Waals surface area contributed by atoms with Crippen LogP contribution in [0.15, 0.2) is 12.1 Å². The van der Waals surface area contributed by atoms with Crippen molar-refractivity contribution < 1.29 is 22.7 Å². The van der Waals surface area contributed by atoms with E-state index in [0.29, 0.717) is 6.54 Å². The molecule has 0 aliphatic rings. The van der Waals surface area contributed by atoms with Crippen molar-refractivity contribution in [3.63, 3.8) is 0 Å². The maximum absolute atomic E-state index is 13.2. The van der Waals surface area contributed by atoms with Gasteiger partial charge in [0.2, 0.25) is 0 Å². The van der Waals surface area contributed by atoms with Gasteiger partial charge in [-0.3, -0.25) is 5.32 Å². The van der Waals surface area contributed by atoms with Crippen LogP contribution in [-0.2, 0) is 10.9 Å². The van der Waals surface area contributed by atoms with E-state index >= 15 is 0 Å². The van der Waals surface area contributed by atoms with Gasteiger partial charge in [0.25, 0.3) is 0 Å². The molecule has 0 aliphatic carbocycles. The molecule has 0 aliphatic heterocycles. The topological polar surface area (TPSA) is 76.4 Å². The summed E-state index contributed by atoms with van der Waals surface area (Å²) in [6.07, 6.45) is -5.35. The van der Waals surface area contributed by atoms with Crippen molar-refractivity contribution >= 4 is 23.2 Å². The molecule has 0 spiro atoms. The lowest BCUT2D eigenvalue weighted by molar-refractivity contribution is -0.136. The zero-order valence-electron chi connectivity index (χ0n) is 14.5. The molecule has 0 unspecified atom stereocenters. The van der Waals surface area contributed by atoms with Crippen molar-refractivity contribution in [2.24, 2.45) is 5.92 Å². The molecule has 1 aromatic carbocycles. The van der Waals surface area contributed by atoms with E-state index in [-0.39, 0.29) is 23.0 Å². The molecular formula is C16H24F3N3O2. The van der Waals surface area contributed by atoms with Gasteiger partial charge in [-0.15, -0.1) is 0 Å². The molecule has 0 bridgehead atoms. The fourth-order valence-electron chi connectivity index (χ4n) is 1.83. The van der Waals surface area contributed by atoms with Gasteiger partial charge in [0.05, 0.1) is 16.9 Å². The largest absolute Gasteiger partial charge is 0.444 e. The van der Waals surface area contributed by atoms with E-state index < -0.39 is 23.4 Å². The first-order valence-corrected chi connectivity index (χ1v) is 7.54.